The van der Waals surface area contributed by atoms with E-state index in [-0.39, 0.29) is 23.2 Å². The van der Waals surface area contributed by atoms with Gasteiger partial charge in [-0.05, 0) is 55.9 Å². The van der Waals surface area contributed by atoms with Crippen molar-refractivity contribution in [1.82, 2.24) is 9.62 Å². The first kappa shape index (κ1) is 22.3. The summed E-state index contributed by atoms with van der Waals surface area (Å²) < 4.78 is 29.6. The molecule has 1 amide bonds. The number of carbonyl (C=O) groups is 1. The van der Waals surface area contributed by atoms with Crippen molar-refractivity contribution in [3.05, 3.63) is 71.3 Å². The highest BCUT2D eigenvalue weighted by molar-refractivity contribution is 8.22. The van der Waals surface area contributed by atoms with Gasteiger partial charge in [0.1, 0.15) is 0 Å². The molecule has 4 rings (SSSR count). The van der Waals surface area contributed by atoms with Crippen LogP contribution in [0.3, 0.4) is 0 Å². The quantitative estimate of drug-likeness (QED) is 0.605. The van der Waals surface area contributed by atoms with E-state index in [9.17, 15) is 13.9 Å². The van der Waals surface area contributed by atoms with Crippen LogP contribution in [0, 0.1) is 0 Å². The molecule has 2 atom stereocenters. The lowest BCUT2D eigenvalue weighted by Crippen LogP contribution is -2.41. The highest BCUT2D eigenvalue weighted by Crippen LogP contribution is 2.62. The summed E-state index contributed by atoms with van der Waals surface area (Å²) in [4.78, 5) is 12.5. The van der Waals surface area contributed by atoms with Crippen molar-refractivity contribution in [2.75, 3.05) is 13.2 Å². The maximum absolute atomic E-state index is 12.5. The molecule has 3 N–H and O–H groups in total. The average Bonchev–Trinajstić information content (AvgIpc) is 2.78. The van der Waals surface area contributed by atoms with Crippen molar-refractivity contribution in [2.45, 2.75) is 56.5 Å². The van der Waals surface area contributed by atoms with Gasteiger partial charge >= 0.3 is 0 Å². The molecule has 2 fully saturated rings. The molecule has 0 aromatic heterocycles. The van der Waals surface area contributed by atoms with Gasteiger partial charge in [-0.15, -0.1) is 10.8 Å². The molecule has 2 saturated heterocycles. The Balaban J connectivity index is 1.44. The van der Waals surface area contributed by atoms with Crippen LogP contribution in [0.5, 0.6) is 0 Å². The molecule has 7 heteroatoms. The molecule has 0 aliphatic carbocycles. The molecule has 2 aromatic rings. The van der Waals surface area contributed by atoms with Gasteiger partial charge in [-0.1, -0.05) is 42.5 Å². The molecular weight excluding hydrogens is 412 g/mol. The van der Waals surface area contributed by atoms with Crippen LogP contribution in [0.25, 0.3) is 0 Å². The summed E-state index contributed by atoms with van der Waals surface area (Å²) in [6, 6.07) is 17.5. The lowest BCUT2D eigenvalue weighted by Gasteiger charge is -2.54. The number of nitrogens with one attached hydrogen (secondary N) is 1. The topological polar surface area (TPSA) is 82.0 Å². The zero-order chi connectivity index (χ0) is 21.8. The van der Waals surface area contributed by atoms with E-state index in [0.29, 0.717) is 25.3 Å². The van der Waals surface area contributed by atoms with E-state index in [0.717, 1.165) is 36.8 Å². The van der Waals surface area contributed by atoms with Crippen LogP contribution in [0.2, 0.25) is 0 Å². The maximum atomic E-state index is 12.5. The molecule has 0 bridgehead atoms. The zero-order valence-electron chi connectivity index (χ0n) is 17.9. The number of carbonyl (C=O) groups excluding carboxylic acids is 1. The second kappa shape index (κ2) is 9.71. The van der Waals surface area contributed by atoms with Crippen LogP contribution in [0.4, 0.5) is 0 Å². The number of ether oxygens (including phenoxy) is 1. The minimum Gasteiger partial charge on any atom is -0.381 e. The van der Waals surface area contributed by atoms with Crippen molar-refractivity contribution >= 4 is 16.7 Å². The van der Waals surface area contributed by atoms with Gasteiger partial charge in [0, 0.05) is 37.4 Å². The van der Waals surface area contributed by atoms with Crippen LogP contribution < -0.4 is 5.32 Å². The fraction of sp³-hybridized carbons (Fsp3) is 0.458. The summed E-state index contributed by atoms with van der Waals surface area (Å²) in [6.07, 6.45) is 3.35. The van der Waals surface area contributed by atoms with Gasteiger partial charge in [0.2, 0.25) is 0 Å². The van der Waals surface area contributed by atoms with Crippen molar-refractivity contribution in [3.63, 3.8) is 0 Å². The lowest BCUT2D eigenvalue weighted by molar-refractivity contribution is 0.0696. The number of benzene rings is 2. The van der Waals surface area contributed by atoms with Crippen molar-refractivity contribution < 1.29 is 18.6 Å². The molecule has 2 heterocycles. The molecule has 31 heavy (non-hydrogen) atoms. The molecular formula is C24H32N2O4S. The van der Waals surface area contributed by atoms with Crippen molar-refractivity contribution in [1.29, 1.82) is 0 Å². The van der Waals surface area contributed by atoms with Crippen LogP contribution in [-0.2, 0) is 11.3 Å². The van der Waals surface area contributed by atoms with Crippen LogP contribution in [-0.4, -0.2) is 44.6 Å². The van der Waals surface area contributed by atoms with Crippen molar-refractivity contribution in [2.24, 2.45) is 0 Å². The highest BCUT2D eigenvalue weighted by atomic mass is 32.3. The van der Waals surface area contributed by atoms with E-state index in [1.54, 1.807) is 0 Å². The summed E-state index contributed by atoms with van der Waals surface area (Å²) in [7, 11) is -2.97. The van der Waals surface area contributed by atoms with Gasteiger partial charge in [-0.3, -0.25) is 13.9 Å². The molecule has 0 spiro atoms. The Morgan fingerprint density at radius 1 is 1.03 bits per heavy atom. The molecule has 168 valence electrons. The predicted octanol–water partition coefficient (Wildman–Crippen LogP) is 4.99. The predicted molar refractivity (Wildman–Crippen MR) is 124 cm³/mol. The third-order valence-electron chi connectivity index (χ3n) is 6.35. The van der Waals surface area contributed by atoms with E-state index in [1.165, 1.54) is 0 Å². The van der Waals surface area contributed by atoms with E-state index in [2.05, 4.69) is 5.32 Å². The Labute approximate surface area is 186 Å². The van der Waals surface area contributed by atoms with Gasteiger partial charge < -0.3 is 10.1 Å². The third kappa shape index (κ3) is 5.13. The van der Waals surface area contributed by atoms with Gasteiger partial charge in [-0.25, -0.2) is 0 Å². The van der Waals surface area contributed by atoms with Crippen LogP contribution in [0.15, 0.2) is 54.6 Å². The first-order valence-corrected chi connectivity index (χ1v) is 12.6. The first-order chi connectivity index (χ1) is 14.9. The zero-order valence-corrected chi connectivity index (χ0v) is 18.8. The number of hydrogen-bond donors (Lipinski definition) is 3. The minimum absolute atomic E-state index is 0.0708. The average molecular weight is 445 g/mol. The van der Waals surface area contributed by atoms with Crippen LogP contribution in [0.1, 0.15) is 59.3 Å². The smallest absolute Gasteiger partial charge is 0.251 e. The Kier molecular flexibility index (Phi) is 6.99. The normalized spacial score (nSPS) is 25.6. The Hall–Kier alpha value is -1.90. The van der Waals surface area contributed by atoms with E-state index in [1.807, 2.05) is 65.8 Å². The first-order valence-electron chi connectivity index (χ1n) is 11.0. The molecule has 6 nitrogen and oxygen atoms in total. The summed E-state index contributed by atoms with van der Waals surface area (Å²) in [5, 5.41) is 2.79. The number of nitrogens with zero attached hydrogens (tertiary/aromatic N) is 1. The second-order valence-electron chi connectivity index (χ2n) is 8.52. The fourth-order valence-electron chi connectivity index (χ4n) is 4.44. The number of hydrogen-bond acceptors (Lipinski definition) is 5. The SMILES string of the molecule is C[C@H]1CCC(c2ccccc2)S(O)(O)N1Cc1ccc(C(=O)NC2CCOCC2)cc1. The van der Waals surface area contributed by atoms with Gasteiger partial charge in [0.15, 0.2) is 0 Å². The summed E-state index contributed by atoms with van der Waals surface area (Å²) >= 11 is 0. The molecule has 0 radical (unpaired) electrons. The summed E-state index contributed by atoms with van der Waals surface area (Å²) in [5.41, 5.74) is 2.55. The minimum atomic E-state index is -2.97. The molecule has 0 saturated carbocycles. The van der Waals surface area contributed by atoms with Gasteiger partial charge in [0.05, 0.1) is 5.25 Å². The van der Waals surface area contributed by atoms with E-state index >= 15 is 0 Å². The van der Waals surface area contributed by atoms with E-state index in [4.69, 9.17) is 4.74 Å². The molecule has 2 aromatic carbocycles. The lowest BCUT2D eigenvalue weighted by atomic mass is 10.0. The van der Waals surface area contributed by atoms with E-state index < -0.39 is 10.8 Å². The second-order valence-corrected chi connectivity index (χ2v) is 10.7. The highest BCUT2D eigenvalue weighted by Gasteiger charge is 2.40. The summed E-state index contributed by atoms with van der Waals surface area (Å²) in [6.45, 7) is 3.86. The third-order valence-corrected chi connectivity index (χ3v) is 8.80. The Morgan fingerprint density at radius 3 is 2.39 bits per heavy atom. The Morgan fingerprint density at radius 2 is 1.71 bits per heavy atom. The monoisotopic (exact) mass is 444 g/mol. The maximum Gasteiger partial charge on any atom is 0.251 e. The largest absolute Gasteiger partial charge is 0.381 e. The fourth-order valence-corrected chi connectivity index (χ4v) is 6.72. The van der Waals surface area contributed by atoms with Gasteiger partial charge in [-0.2, -0.15) is 4.31 Å². The van der Waals surface area contributed by atoms with Gasteiger partial charge in [0.25, 0.3) is 5.91 Å². The molecule has 2 aliphatic heterocycles. The summed E-state index contributed by atoms with van der Waals surface area (Å²) in [5.74, 6) is -0.0711. The number of rotatable bonds is 5. The molecule has 1 unspecified atom stereocenters. The number of amides is 1. The molecule has 2 aliphatic rings. The van der Waals surface area contributed by atoms with Crippen LogP contribution >= 0.6 is 10.8 Å². The standard InChI is InChI=1S/C24H32N2O4S/c1-18-7-12-23(20-5-3-2-4-6-20)31(28,29)26(18)17-19-8-10-21(11-9-19)24(27)25-22-13-15-30-16-14-22/h2-6,8-11,18,22-23,28-29H,7,12-17H2,1H3,(H,25,27)/t18-,23?/m0/s1. The van der Waals surface area contributed by atoms with Crippen molar-refractivity contribution in [3.8, 4) is 0 Å². The Bertz CT molecular complexity index is 869.